The Balaban J connectivity index is 1.27. The fraction of sp³-hybridized carbons (Fsp3) is 0.890. The molecular weight excluding hydrogens is 1460 g/mol. The van der Waals surface area contributed by atoms with Gasteiger partial charge in [-0.05, 0) is 77.0 Å². The lowest BCUT2D eigenvalue weighted by Crippen LogP contribution is -2.62. The van der Waals surface area contributed by atoms with Gasteiger partial charge >= 0.3 is 0 Å². The van der Waals surface area contributed by atoms with Crippen molar-refractivity contribution < 1.29 is 132 Å². The van der Waals surface area contributed by atoms with Gasteiger partial charge in [0.05, 0.1) is 109 Å². The number of unbranched alkanes of at least 4 members (excludes halogenated alkanes) is 10. The van der Waals surface area contributed by atoms with Crippen LogP contribution in [0.25, 0.3) is 0 Å². The van der Waals surface area contributed by atoms with E-state index in [-0.39, 0.29) is 203 Å². The van der Waals surface area contributed by atoms with Gasteiger partial charge in [0.25, 0.3) is 0 Å². The molecular formula is C73H135N11O27. The summed E-state index contributed by atoms with van der Waals surface area (Å²) >= 11 is 0. The number of rotatable bonds is 62. The van der Waals surface area contributed by atoms with Gasteiger partial charge in [-0.15, -0.1) is 0 Å². The van der Waals surface area contributed by atoms with E-state index in [1.54, 1.807) is 12.0 Å². The summed E-state index contributed by atoms with van der Waals surface area (Å²) in [7, 11) is 1.58. The molecule has 8 amide bonds. The quantitative estimate of drug-likeness (QED) is 0.0255. The second-order valence-electron chi connectivity index (χ2n) is 29.0. The first kappa shape index (κ1) is 98.2. The molecule has 0 bridgehead atoms. The summed E-state index contributed by atoms with van der Waals surface area (Å²) < 4.78 is 57.0. The predicted molar refractivity (Wildman–Crippen MR) is 398 cm³/mol. The molecule has 4 aliphatic heterocycles. The summed E-state index contributed by atoms with van der Waals surface area (Å²) in [5, 5.41) is 109. The van der Waals surface area contributed by atoms with Crippen LogP contribution in [0.3, 0.4) is 0 Å². The Morgan fingerprint density at radius 3 is 1.14 bits per heavy atom. The molecule has 16 atom stereocenters. The van der Waals surface area contributed by atoms with E-state index < -0.39 is 111 Å². The number of β-amino-alcohol motifs (C(OH)–C–C–N with tert-alkyl or cyclic N) is 1. The maximum atomic E-state index is 14.0. The lowest BCUT2D eigenvalue weighted by Gasteiger charge is -2.40. The summed E-state index contributed by atoms with van der Waals surface area (Å²) in [5.74, 6) is -1.96. The lowest BCUT2D eigenvalue weighted by atomic mass is 9.98. The maximum Gasteiger partial charge on any atom is 0.222 e. The number of carbonyl (C=O) groups is 8. The molecule has 111 heavy (non-hydrogen) atoms. The lowest BCUT2D eigenvalue weighted by molar-refractivity contribution is -0.265. The van der Waals surface area contributed by atoms with Gasteiger partial charge in [-0.2, -0.15) is 0 Å². The van der Waals surface area contributed by atoms with Crippen LogP contribution in [-0.2, 0) is 85.7 Å². The minimum absolute atomic E-state index is 0.0236. The van der Waals surface area contributed by atoms with Crippen LogP contribution in [0, 0.1) is 0 Å². The highest BCUT2D eigenvalue weighted by Gasteiger charge is 2.45. The van der Waals surface area contributed by atoms with Gasteiger partial charge in [0, 0.05) is 131 Å². The van der Waals surface area contributed by atoms with Crippen LogP contribution in [0.2, 0.25) is 0 Å². The Kier molecular flexibility index (Phi) is 51.2. The second kappa shape index (κ2) is 57.8. The summed E-state index contributed by atoms with van der Waals surface area (Å²) in [5.41, 5.74) is 16.4. The van der Waals surface area contributed by atoms with Gasteiger partial charge in [-0.25, -0.2) is 0 Å². The monoisotopic (exact) mass is 1600 g/mol. The standard InChI is InChI=1S/C73H135N11O27/c1-102-45-49-39-50(88)41-84(49)62(97)23-9-7-5-3-2-4-6-8-22-61(96)83-73(46-103-36-24-58(93)80-30-16-27-77-55(90)19-10-13-33-106-70-63(74)52(89)40-51(42-85)109-70,47-104-37-25-59(94)81-31-17-28-78-56(91)20-11-14-34-107-71-64(75)68(100)66(98)53(43-86)110-71)48-105-38-26-60(95)82-32-18-29-79-57(92)21-12-15-35-108-72-65(76)69(101)67(99)54(44-87)111-72/h49-54,63-72,85-89,98-101H,2-48,74-76H2,1H3,(H,77,90)(H,78,91)(H,79,92)(H,80,93)(H,81,94)(H,82,95)(H,83,96)/t49-,50+,51?,52?,53?,54?,63?,64?,65?,66?,67?,68?,69?,70?,71?,72?,73?/m0/s1. The third-order valence-corrected chi connectivity index (χ3v) is 19.5. The summed E-state index contributed by atoms with van der Waals surface area (Å²) in [6.07, 6.45) is -0.104. The first-order valence-electron chi connectivity index (χ1n) is 39.9. The molecule has 0 aromatic carbocycles. The van der Waals surface area contributed by atoms with Crippen LogP contribution >= 0.6 is 0 Å². The number of aliphatic hydroxyl groups is 9. The average Bonchev–Trinajstić information content (AvgIpc) is 1.53. The van der Waals surface area contributed by atoms with Crippen molar-refractivity contribution in [3.63, 3.8) is 0 Å². The zero-order valence-corrected chi connectivity index (χ0v) is 65.0. The second-order valence-corrected chi connectivity index (χ2v) is 29.0. The highest BCUT2D eigenvalue weighted by Crippen LogP contribution is 2.25. The number of aliphatic hydroxyl groups excluding tert-OH is 9. The van der Waals surface area contributed by atoms with Gasteiger partial charge < -0.3 is 153 Å². The molecule has 0 saturated carbocycles. The third-order valence-electron chi connectivity index (χ3n) is 19.5. The average molecular weight is 1600 g/mol. The SMILES string of the molecule is COC[C@@H]1C[C@@H](O)CN1C(=O)CCCCCCCCCCC(=O)NC(COCCC(=O)NCCCNC(=O)CCCCOC1OC(CO)CC(O)C1N)(COCCC(=O)NCCCNC(=O)CCCCOC1OC(CO)C(O)C(O)C1N)COCCC(=O)NCCCNC(=O)CCCCOC1OC(CO)C(O)C(O)C1N. The molecule has 4 aliphatic rings. The van der Waals surface area contributed by atoms with Crippen molar-refractivity contribution in [1.82, 2.24) is 42.1 Å². The topological polar surface area (TPSA) is 576 Å². The van der Waals surface area contributed by atoms with Crippen LogP contribution in [0.5, 0.6) is 0 Å². The van der Waals surface area contributed by atoms with Crippen molar-refractivity contribution in [3.05, 3.63) is 0 Å². The number of amides is 8. The number of carbonyl (C=O) groups excluding carboxylic acids is 8. The molecule has 14 unspecified atom stereocenters. The van der Waals surface area contributed by atoms with Gasteiger partial charge in [0.1, 0.15) is 42.2 Å². The molecule has 4 rings (SSSR count). The van der Waals surface area contributed by atoms with Gasteiger partial charge in [-0.1, -0.05) is 38.5 Å². The minimum Gasteiger partial charge on any atom is -0.394 e. The van der Waals surface area contributed by atoms with E-state index in [4.69, 9.17) is 64.6 Å². The number of hydrogen-bond donors (Lipinski definition) is 19. The first-order chi connectivity index (χ1) is 53.4. The molecule has 4 fully saturated rings. The fourth-order valence-electron chi connectivity index (χ4n) is 12.8. The van der Waals surface area contributed by atoms with E-state index in [0.29, 0.717) is 96.7 Å². The van der Waals surface area contributed by atoms with E-state index in [2.05, 4.69) is 37.2 Å². The Hall–Kier alpha value is -5.12. The van der Waals surface area contributed by atoms with Crippen molar-refractivity contribution >= 4 is 47.3 Å². The molecule has 38 heteroatoms. The van der Waals surface area contributed by atoms with Gasteiger partial charge in [-0.3, -0.25) is 38.4 Å². The molecule has 0 aromatic rings. The van der Waals surface area contributed by atoms with Crippen LogP contribution in [0.1, 0.15) is 173 Å². The number of nitrogens with one attached hydrogen (secondary N) is 7. The van der Waals surface area contributed by atoms with Crippen molar-refractivity contribution in [3.8, 4) is 0 Å². The molecule has 0 spiro atoms. The van der Waals surface area contributed by atoms with Crippen LogP contribution in [-0.4, -0.2) is 340 Å². The highest BCUT2D eigenvalue weighted by atomic mass is 16.7. The molecule has 38 nitrogen and oxygen atoms in total. The van der Waals surface area contributed by atoms with Crippen LogP contribution in [0.4, 0.5) is 0 Å². The zero-order chi connectivity index (χ0) is 81.2. The molecule has 0 aliphatic carbocycles. The Labute approximate surface area is 651 Å². The van der Waals surface area contributed by atoms with Gasteiger partial charge in [0.15, 0.2) is 18.9 Å². The van der Waals surface area contributed by atoms with Crippen molar-refractivity contribution in [1.29, 1.82) is 0 Å². The van der Waals surface area contributed by atoms with E-state index in [9.17, 15) is 84.3 Å². The Bertz CT molecular complexity index is 2510. The van der Waals surface area contributed by atoms with E-state index in [1.165, 1.54) is 0 Å². The van der Waals surface area contributed by atoms with Gasteiger partial charge in [0.2, 0.25) is 47.3 Å². The predicted octanol–water partition coefficient (Wildman–Crippen LogP) is -4.67. The number of hydrogen-bond acceptors (Lipinski definition) is 30. The summed E-state index contributed by atoms with van der Waals surface area (Å²) in [6.45, 7) is 0.554. The number of likely N-dealkylation sites (tertiary alicyclic amines) is 1. The molecule has 4 saturated heterocycles. The summed E-state index contributed by atoms with van der Waals surface area (Å²) in [6, 6.07) is -2.94. The normalized spacial score (nSPS) is 25.9. The highest BCUT2D eigenvalue weighted by molar-refractivity contribution is 5.79. The van der Waals surface area contributed by atoms with E-state index >= 15 is 0 Å². The van der Waals surface area contributed by atoms with Crippen molar-refractivity contribution in [2.45, 2.75) is 277 Å². The number of nitrogens with two attached hydrogens (primary N) is 3. The number of nitrogens with zero attached hydrogens (tertiary/aromatic N) is 1. The number of methoxy groups -OCH3 is 1. The zero-order valence-electron chi connectivity index (χ0n) is 65.0. The smallest absolute Gasteiger partial charge is 0.222 e. The molecule has 0 radical (unpaired) electrons. The fourth-order valence-corrected chi connectivity index (χ4v) is 12.8. The van der Waals surface area contributed by atoms with Crippen LogP contribution < -0.4 is 54.4 Å². The molecule has 0 aromatic heterocycles. The van der Waals surface area contributed by atoms with Crippen LogP contribution in [0.15, 0.2) is 0 Å². The first-order valence-corrected chi connectivity index (χ1v) is 39.9. The number of ether oxygens (including phenoxy) is 10. The largest absolute Gasteiger partial charge is 0.394 e. The molecule has 22 N–H and O–H groups in total. The Morgan fingerprint density at radius 2 is 0.757 bits per heavy atom. The molecule has 644 valence electrons. The maximum absolute atomic E-state index is 14.0. The summed E-state index contributed by atoms with van der Waals surface area (Å²) in [4.78, 5) is 105. The van der Waals surface area contributed by atoms with Crippen molar-refractivity contribution in [2.24, 2.45) is 17.2 Å². The third kappa shape index (κ3) is 40.3. The molecule has 4 heterocycles. The Morgan fingerprint density at radius 1 is 0.405 bits per heavy atom. The van der Waals surface area contributed by atoms with E-state index in [0.717, 1.165) is 44.9 Å². The van der Waals surface area contributed by atoms with E-state index in [1.807, 2.05) is 0 Å². The van der Waals surface area contributed by atoms with Crippen molar-refractivity contribution in [2.75, 3.05) is 139 Å². The minimum atomic E-state index is -1.39.